The van der Waals surface area contributed by atoms with E-state index in [1.54, 1.807) is 0 Å². The fourth-order valence-electron chi connectivity index (χ4n) is 3.94. The van der Waals surface area contributed by atoms with Crippen molar-refractivity contribution in [2.75, 3.05) is 26.2 Å². The van der Waals surface area contributed by atoms with Gasteiger partial charge in [-0.3, -0.25) is 9.80 Å². The van der Waals surface area contributed by atoms with Crippen LogP contribution in [0.25, 0.3) is 0 Å². The Kier molecular flexibility index (Phi) is 3.81. The third-order valence-electron chi connectivity index (χ3n) is 4.40. The molecule has 0 saturated carbocycles. The Morgan fingerprint density at radius 2 is 1.88 bits per heavy atom. The molecule has 2 N–H and O–H groups in total. The summed E-state index contributed by atoms with van der Waals surface area (Å²) in [6.45, 7) is 14.1. The molecule has 0 amide bonds. The Balaban J connectivity index is 2.05. The maximum Gasteiger partial charge on any atom is 0.0294 e. The van der Waals surface area contributed by atoms with Gasteiger partial charge in [0.1, 0.15) is 0 Å². The van der Waals surface area contributed by atoms with Gasteiger partial charge in [-0.1, -0.05) is 20.8 Å². The zero-order chi connectivity index (χ0) is 12.6. The Bertz CT molecular complexity index is 257. The maximum atomic E-state index is 6.24. The lowest BCUT2D eigenvalue weighted by atomic mass is 9.81. The Hall–Kier alpha value is -0.120. The lowest BCUT2D eigenvalue weighted by Crippen LogP contribution is -2.60. The van der Waals surface area contributed by atoms with Crippen molar-refractivity contribution in [2.24, 2.45) is 11.1 Å². The molecule has 0 aliphatic carbocycles. The predicted octanol–water partition coefficient (Wildman–Crippen LogP) is 1.53. The van der Waals surface area contributed by atoms with Crippen LogP contribution in [0.5, 0.6) is 0 Å². The second-order valence-electron chi connectivity index (χ2n) is 7.00. The largest absolute Gasteiger partial charge is 0.327 e. The van der Waals surface area contributed by atoms with Crippen LogP contribution in [0.1, 0.15) is 40.5 Å². The predicted molar refractivity (Wildman–Crippen MR) is 73.1 cm³/mol. The highest BCUT2D eigenvalue weighted by Crippen LogP contribution is 2.30. The van der Waals surface area contributed by atoms with E-state index in [4.69, 9.17) is 5.73 Å². The monoisotopic (exact) mass is 239 g/mol. The molecule has 100 valence electrons. The molecule has 3 nitrogen and oxygen atoms in total. The van der Waals surface area contributed by atoms with E-state index >= 15 is 0 Å². The lowest BCUT2D eigenvalue weighted by Gasteiger charge is -2.47. The summed E-state index contributed by atoms with van der Waals surface area (Å²) < 4.78 is 0. The molecule has 2 rings (SSSR count). The molecule has 2 aliphatic heterocycles. The molecule has 0 aromatic carbocycles. The van der Waals surface area contributed by atoms with Crippen molar-refractivity contribution >= 4 is 0 Å². The summed E-state index contributed by atoms with van der Waals surface area (Å²) in [5.41, 5.74) is 6.51. The molecule has 3 unspecified atom stereocenters. The topological polar surface area (TPSA) is 32.5 Å². The Labute approximate surface area is 106 Å². The average molecular weight is 239 g/mol. The van der Waals surface area contributed by atoms with Crippen LogP contribution in [-0.4, -0.2) is 54.1 Å². The van der Waals surface area contributed by atoms with Crippen LogP contribution in [0.4, 0.5) is 0 Å². The molecule has 2 saturated heterocycles. The first-order chi connectivity index (χ1) is 7.89. The third kappa shape index (κ3) is 2.83. The number of piperazine rings is 1. The normalized spacial score (nSPS) is 31.2. The van der Waals surface area contributed by atoms with Crippen molar-refractivity contribution in [3.05, 3.63) is 0 Å². The van der Waals surface area contributed by atoms with Crippen molar-refractivity contribution in [1.29, 1.82) is 0 Å². The van der Waals surface area contributed by atoms with Gasteiger partial charge < -0.3 is 5.73 Å². The molecule has 2 aliphatic rings. The first kappa shape index (κ1) is 13.3. The first-order valence-corrected chi connectivity index (χ1v) is 7.13. The van der Waals surface area contributed by atoms with Gasteiger partial charge in [0, 0.05) is 37.8 Å². The van der Waals surface area contributed by atoms with E-state index < -0.39 is 0 Å². The Morgan fingerprint density at radius 3 is 2.47 bits per heavy atom. The summed E-state index contributed by atoms with van der Waals surface area (Å²) >= 11 is 0. The van der Waals surface area contributed by atoms with E-state index in [-0.39, 0.29) is 11.5 Å². The summed E-state index contributed by atoms with van der Waals surface area (Å²) in [5.74, 6) is 0. The zero-order valence-corrected chi connectivity index (χ0v) is 11.9. The molecule has 3 atom stereocenters. The lowest BCUT2D eigenvalue weighted by molar-refractivity contribution is 0.0186. The standard InChI is InChI=1S/C14H29N3/c1-11(15)13(14(2,3)4)17-9-8-16-7-5-6-12(16)10-17/h11-13H,5-10,15H2,1-4H3. The van der Waals surface area contributed by atoms with Gasteiger partial charge in [-0.15, -0.1) is 0 Å². The molecule has 3 heteroatoms. The second-order valence-corrected chi connectivity index (χ2v) is 7.00. The molecule has 17 heavy (non-hydrogen) atoms. The highest BCUT2D eigenvalue weighted by molar-refractivity contribution is 4.95. The zero-order valence-electron chi connectivity index (χ0n) is 11.9. The number of hydrogen-bond donors (Lipinski definition) is 1. The van der Waals surface area contributed by atoms with Crippen molar-refractivity contribution in [3.8, 4) is 0 Å². The maximum absolute atomic E-state index is 6.24. The van der Waals surface area contributed by atoms with Gasteiger partial charge in [0.15, 0.2) is 0 Å². The molecule has 2 fully saturated rings. The fraction of sp³-hybridized carbons (Fsp3) is 1.00. The second kappa shape index (κ2) is 4.87. The minimum Gasteiger partial charge on any atom is -0.327 e. The molecular formula is C14H29N3. The number of rotatable bonds is 2. The van der Waals surface area contributed by atoms with Gasteiger partial charge in [0.25, 0.3) is 0 Å². The summed E-state index contributed by atoms with van der Waals surface area (Å²) in [5, 5.41) is 0. The van der Waals surface area contributed by atoms with Crippen LogP contribution < -0.4 is 5.73 Å². The van der Waals surface area contributed by atoms with Gasteiger partial charge in [0.2, 0.25) is 0 Å². The van der Waals surface area contributed by atoms with Crippen LogP contribution in [-0.2, 0) is 0 Å². The van der Waals surface area contributed by atoms with E-state index in [0.717, 1.165) is 6.04 Å². The molecular weight excluding hydrogens is 210 g/mol. The van der Waals surface area contributed by atoms with E-state index in [9.17, 15) is 0 Å². The highest BCUT2D eigenvalue weighted by atomic mass is 15.3. The van der Waals surface area contributed by atoms with Crippen LogP contribution >= 0.6 is 0 Å². The molecule has 0 radical (unpaired) electrons. The molecule has 0 aromatic heterocycles. The van der Waals surface area contributed by atoms with Gasteiger partial charge in [0.05, 0.1) is 0 Å². The summed E-state index contributed by atoms with van der Waals surface area (Å²) in [7, 11) is 0. The van der Waals surface area contributed by atoms with Crippen molar-refractivity contribution < 1.29 is 0 Å². The van der Waals surface area contributed by atoms with Crippen LogP contribution in [0, 0.1) is 5.41 Å². The summed E-state index contributed by atoms with van der Waals surface area (Å²) in [6.07, 6.45) is 2.77. The molecule has 2 heterocycles. The summed E-state index contributed by atoms with van der Waals surface area (Å²) in [4.78, 5) is 5.31. The number of nitrogens with two attached hydrogens (primary N) is 1. The molecule has 0 bridgehead atoms. The molecule has 0 aromatic rings. The van der Waals surface area contributed by atoms with Gasteiger partial charge >= 0.3 is 0 Å². The van der Waals surface area contributed by atoms with Crippen LogP contribution in [0.3, 0.4) is 0 Å². The van der Waals surface area contributed by atoms with Gasteiger partial charge in [-0.25, -0.2) is 0 Å². The number of nitrogens with zero attached hydrogens (tertiary/aromatic N) is 2. The van der Waals surface area contributed by atoms with Gasteiger partial charge in [-0.05, 0) is 31.7 Å². The van der Waals surface area contributed by atoms with Crippen LogP contribution in [0.2, 0.25) is 0 Å². The number of hydrogen-bond acceptors (Lipinski definition) is 3. The van der Waals surface area contributed by atoms with Crippen molar-refractivity contribution in [2.45, 2.75) is 58.7 Å². The molecule has 0 spiro atoms. The van der Waals surface area contributed by atoms with E-state index in [1.807, 2.05) is 0 Å². The minimum atomic E-state index is 0.253. The SMILES string of the molecule is CC(N)C(N1CCN2CCCC2C1)C(C)(C)C. The van der Waals surface area contributed by atoms with E-state index in [1.165, 1.54) is 39.0 Å². The van der Waals surface area contributed by atoms with Crippen LogP contribution in [0.15, 0.2) is 0 Å². The highest BCUT2D eigenvalue weighted by Gasteiger charge is 2.38. The Morgan fingerprint density at radius 1 is 1.18 bits per heavy atom. The fourth-order valence-corrected chi connectivity index (χ4v) is 3.94. The van der Waals surface area contributed by atoms with Crippen molar-refractivity contribution in [3.63, 3.8) is 0 Å². The third-order valence-corrected chi connectivity index (χ3v) is 4.40. The minimum absolute atomic E-state index is 0.253. The summed E-state index contributed by atoms with van der Waals surface area (Å²) in [6, 6.07) is 1.56. The van der Waals surface area contributed by atoms with Crippen molar-refractivity contribution in [1.82, 2.24) is 9.80 Å². The van der Waals surface area contributed by atoms with E-state index in [0.29, 0.717) is 6.04 Å². The van der Waals surface area contributed by atoms with E-state index in [2.05, 4.69) is 37.5 Å². The first-order valence-electron chi connectivity index (χ1n) is 7.13. The van der Waals surface area contributed by atoms with Gasteiger partial charge in [-0.2, -0.15) is 0 Å². The smallest absolute Gasteiger partial charge is 0.0294 e. The number of fused-ring (bicyclic) bond motifs is 1. The average Bonchev–Trinajstić information content (AvgIpc) is 2.61. The quantitative estimate of drug-likeness (QED) is 0.793.